The lowest BCUT2D eigenvalue weighted by Gasteiger charge is -2.11. The van der Waals surface area contributed by atoms with E-state index in [0.29, 0.717) is 0 Å². The van der Waals surface area contributed by atoms with Gasteiger partial charge in [-0.1, -0.05) is 6.32 Å². The molecule has 0 aliphatic rings. The van der Waals surface area contributed by atoms with E-state index < -0.39 is 0 Å². The molecule has 1 N–H and O–H groups in total. The maximum absolute atomic E-state index is 9.40. The van der Waals surface area contributed by atoms with E-state index in [4.69, 9.17) is 5.26 Å². The predicted octanol–water partition coefficient (Wildman–Crippen LogP) is -0.794. The number of hydrogen-bond donors (Lipinski definition) is 1. The zero-order valence-electron chi connectivity index (χ0n) is 10.4. The molecule has 0 rings (SSSR count). The summed E-state index contributed by atoms with van der Waals surface area (Å²) in [4.78, 5) is 0. The molecule has 0 radical (unpaired) electrons. The monoisotopic (exact) mass is 203 g/mol. The van der Waals surface area contributed by atoms with Crippen LogP contribution in [0, 0.1) is 17.2 Å². The van der Waals surface area contributed by atoms with Crippen LogP contribution < -0.4 is 0 Å². The average Bonchev–Trinajstić information content (AvgIpc) is 2.26. The first-order valence-corrected chi connectivity index (χ1v) is 5.76. The minimum atomic E-state index is -0.161. The third kappa shape index (κ3) is 5.74. The van der Waals surface area contributed by atoms with Crippen LogP contribution in [0.2, 0.25) is 6.32 Å². The van der Waals surface area contributed by atoms with Crippen molar-refractivity contribution in [3.05, 3.63) is 10.9 Å². The average molecular weight is 203 g/mol. The molecule has 2 atom stereocenters. The number of nitriles is 1. The summed E-state index contributed by atoms with van der Waals surface area (Å²) in [6.07, 6.45) is 3.54. The minimum Gasteiger partial charge on any atom is -0.394 e. The van der Waals surface area contributed by atoms with E-state index in [0.717, 1.165) is 25.6 Å². The molecule has 0 spiro atoms. The standard InChI is InChI=1S/C10H20B3NO/c1-7(6-14)10(13)9(12)4-2-3-8(15)5-11/h7-8,15H,2-5,11-13H2,1H3/b10-9-. The Morgan fingerprint density at radius 2 is 2.07 bits per heavy atom. The second kappa shape index (κ2) is 7.65. The Morgan fingerprint density at radius 1 is 1.47 bits per heavy atom. The van der Waals surface area contributed by atoms with Gasteiger partial charge in [-0.3, -0.25) is 0 Å². The highest BCUT2D eigenvalue weighted by Gasteiger charge is 2.06. The van der Waals surface area contributed by atoms with Gasteiger partial charge in [-0.25, -0.2) is 0 Å². The van der Waals surface area contributed by atoms with Crippen molar-refractivity contribution in [3.63, 3.8) is 0 Å². The Labute approximate surface area is 96.0 Å². The van der Waals surface area contributed by atoms with Gasteiger partial charge < -0.3 is 5.11 Å². The molecule has 0 heterocycles. The van der Waals surface area contributed by atoms with Crippen LogP contribution >= 0.6 is 0 Å². The van der Waals surface area contributed by atoms with Gasteiger partial charge in [0.05, 0.1) is 12.0 Å². The topological polar surface area (TPSA) is 44.0 Å². The summed E-state index contributed by atoms with van der Waals surface area (Å²) in [5.41, 5.74) is 2.48. The summed E-state index contributed by atoms with van der Waals surface area (Å²) in [5, 5.41) is 18.2. The first-order chi connectivity index (χ1) is 7.02. The second-order valence-electron chi connectivity index (χ2n) is 4.27. The smallest absolute Gasteiger partial charge is 0.134 e. The molecule has 2 unspecified atom stereocenters. The van der Waals surface area contributed by atoms with E-state index >= 15 is 0 Å². The van der Waals surface area contributed by atoms with E-state index in [1.54, 1.807) is 0 Å². The van der Waals surface area contributed by atoms with Crippen LogP contribution in [0.1, 0.15) is 26.2 Å². The Balaban J connectivity index is 4.02. The zero-order chi connectivity index (χ0) is 11.8. The van der Waals surface area contributed by atoms with Crippen LogP contribution in [0.4, 0.5) is 0 Å². The lowest BCUT2D eigenvalue weighted by molar-refractivity contribution is 0.182. The van der Waals surface area contributed by atoms with E-state index in [1.165, 1.54) is 10.9 Å². The van der Waals surface area contributed by atoms with Gasteiger partial charge in [0, 0.05) is 6.10 Å². The van der Waals surface area contributed by atoms with Gasteiger partial charge in [0.15, 0.2) is 0 Å². The Morgan fingerprint density at radius 3 is 2.53 bits per heavy atom. The fourth-order valence-electron chi connectivity index (χ4n) is 1.47. The molecule has 0 aliphatic carbocycles. The number of aliphatic hydroxyl groups excluding tert-OH is 1. The van der Waals surface area contributed by atoms with E-state index in [1.807, 2.05) is 22.6 Å². The quantitative estimate of drug-likeness (QED) is 0.574. The molecular weight excluding hydrogens is 183 g/mol. The molecule has 0 bridgehead atoms. The fraction of sp³-hybridized carbons (Fsp3) is 0.700. The van der Waals surface area contributed by atoms with Crippen molar-refractivity contribution in [1.29, 1.82) is 5.26 Å². The lowest BCUT2D eigenvalue weighted by Crippen LogP contribution is -2.06. The van der Waals surface area contributed by atoms with Crippen molar-refractivity contribution in [2.24, 2.45) is 5.92 Å². The first kappa shape index (κ1) is 14.4. The van der Waals surface area contributed by atoms with E-state index in [2.05, 4.69) is 13.9 Å². The maximum atomic E-state index is 9.40. The molecule has 5 heteroatoms. The highest BCUT2D eigenvalue weighted by molar-refractivity contribution is 6.31. The summed E-state index contributed by atoms with van der Waals surface area (Å²) < 4.78 is 0. The molecule has 0 aromatic heterocycles. The number of rotatable bonds is 6. The van der Waals surface area contributed by atoms with Crippen molar-refractivity contribution in [1.82, 2.24) is 0 Å². The molecule has 0 aliphatic heterocycles. The fourth-order valence-corrected chi connectivity index (χ4v) is 1.47. The predicted molar refractivity (Wildman–Crippen MR) is 72.1 cm³/mol. The number of nitrogens with zero attached hydrogens (tertiary/aromatic N) is 1. The third-order valence-corrected chi connectivity index (χ3v) is 3.08. The molecule has 0 amide bonds. The summed E-state index contributed by atoms with van der Waals surface area (Å²) in [6.45, 7) is 1.93. The van der Waals surface area contributed by atoms with Crippen LogP contribution in [0.15, 0.2) is 10.9 Å². The molecule has 0 saturated carbocycles. The Bertz CT molecular complexity index is 260. The van der Waals surface area contributed by atoms with Crippen LogP contribution in [-0.2, 0) is 0 Å². The molecule has 80 valence electrons. The molecule has 0 fully saturated rings. The zero-order valence-corrected chi connectivity index (χ0v) is 10.4. The van der Waals surface area contributed by atoms with Gasteiger partial charge >= 0.3 is 0 Å². The van der Waals surface area contributed by atoms with Gasteiger partial charge in [-0.05, 0) is 26.2 Å². The molecule has 0 aromatic rings. The normalized spacial score (nSPS) is 16.3. The lowest BCUT2D eigenvalue weighted by atomic mass is 9.73. The van der Waals surface area contributed by atoms with Gasteiger partial charge in [0.1, 0.15) is 23.5 Å². The van der Waals surface area contributed by atoms with E-state index in [-0.39, 0.29) is 12.0 Å². The van der Waals surface area contributed by atoms with Crippen molar-refractivity contribution in [2.75, 3.05) is 0 Å². The summed E-state index contributed by atoms with van der Waals surface area (Å²) in [7, 11) is 6.11. The summed E-state index contributed by atoms with van der Waals surface area (Å²) in [5.74, 6) is 0.0149. The molecular formula is C10H20B3NO. The maximum Gasteiger partial charge on any atom is 0.134 e. The van der Waals surface area contributed by atoms with Crippen molar-refractivity contribution >= 4 is 23.5 Å². The van der Waals surface area contributed by atoms with Gasteiger partial charge in [-0.2, -0.15) is 5.26 Å². The van der Waals surface area contributed by atoms with Gasteiger partial charge in [0.2, 0.25) is 0 Å². The van der Waals surface area contributed by atoms with E-state index in [9.17, 15) is 5.11 Å². The number of hydrogen-bond acceptors (Lipinski definition) is 2. The second-order valence-corrected chi connectivity index (χ2v) is 4.27. The summed E-state index contributed by atoms with van der Waals surface area (Å²) >= 11 is 0. The Kier molecular flexibility index (Phi) is 7.33. The van der Waals surface area contributed by atoms with Crippen molar-refractivity contribution in [2.45, 2.75) is 38.6 Å². The van der Waals surface area contributed by atoms with Gasteiger partial charge in [0.25, 0.3) is 0 Å². The minimum absolute atomic E-state index is 0.0149. The highest BCUT2D eigenvalue weighted by Crippen LogP contribution is 2.15. The van der Waals surface area contributed by atoms with Crippen LogP contribution in [-0.4, -0.2) is 34.7 Å². The highest BCUT2D eigenvalue weighted by atomic mass is 16.3. The Hall–Kier alpha value is -0.615. The third-order valence-electron chi connectivity index (χ3n) is 3.08. The van der Waals surface area contributed by atoms with Crippen LogP contribution in [0.25, 0.3) is 0 Å². The summed E-state index contributed by atoms with van der Waals surface area (Å²) in [6, 6.07) is 2.25. The first-order valence-electron chi connectivity index (χ1n) is 5.76. The molecule has 15 heavy (non-hydrogen) atoms. The molecule has 2 nitrogen and oxygen atoms in total. The molecule has 0 aromatic carbocycles. The molecule has 0 saturated heterocycles. The van der Waals surface area contributed by atoms with Crippen LogP contribution in [0.3, 0.4) is 0 Å². The largest absolute Gasteiger partial charge is 0.394 e. The SMILES string of the molecule is BCC(O)CCC/C(B)=C(/B)C(C)C#N. The van der Waals surface area contributed by atoms with Gasteiger partial charge in [-0.15, -0.1) is 10.9 Å². The van der Waals surface area contributed by atoms with Crippen molar-refractivity contribution < 1.29 is 5.11 Å². The van der Waals surface area contributed by atoms with Crippen LogP contribution in [0.5, 0.6) is 0 Å². The van der Waals surface area contributed by atoms with Crippen molar-refractivity contribution in [3.8, 4) is 6.07 Å². The number of aliphatic hydroxyl groups is 1. The number of allylic oxidation sites excluding steroid dienone is 2.